The summed E-state index contributed by atoms with van der Waals surface area (Å²) >= 11 is 1.57. The predicted molar refractivity (Wildman–Crippen MR) is 41.8 cm³/mol. The molecule has 66 valence electrons. The Kier molecular flexibility index (Phi) is 3.03. The van der Waals surface area contributed by atoms with Gasteiger partial charge in [-0.05, 0) is 22.6 Å². The van der Waals surface area contributed by atoms with Crippen LogP contribution in [0.2, 0.25) is 0 Å². The summed E-state index contributed by atoms with van der Waals surface area (Å²) < 4.78 is 15.8. The summed E-state index contributed by atoms with van der Waals surface area (Å²) in [7, 11) is 0. The minimum absolute atomic E-state index is 1.02. The van der Waals surface area contributed by atoms with Crippen LogP contribution >= 0.6 is 22.6 Å². The highest BCUT2D eigenvalue weighted by atomic mass is 127. The van der Waals surface area contributed by atoms with Gasteiger partial charge in [-0.3, -0.25) is 0 Å². The number of rotatable bonds is 1. The second-order valence-corrected chi connectivity index (χ2v) is 3.58. The first-order valence-corrected chi connectivity index (χ1v) is 4.26. The van der Waals surface area contributed by atoms with Crippen molar-refractivity contribution < 1.29 is 24.4 Å². The number of hydrogen-bond acceptors (Lipinski definition) is 4. The fourth-order valence-electron chi connectivity index (χ4n) is 0.888. The summed E-state index contributed by atoms with van der Waals surface area (Å²) in [6, 6.07) is 0. The molecule has 3 N–H and O–H groups in total. The van der Waals surface area contributed by atoms with E-state index in [1.807, 2.05) is 0 Å². The molecule has 11 heavy (non-hydrogen) atoms. The molecule has 1 rings (SSSR count). The molecule has 2 unspecified atom stereocenters. The van der Waals surface area contributed by atoms with E-state index in [4.69, 9.17) is 15.3 Å². The molecule has 0 aromatic rings. The third-order valence-electron chi connectivity index (χ3n) is 1.51. The second-order valence-electron chi connectivity index (χ2n) is 2.31. The Labute approximate surface area is 76.1 Å². The van der Waals surface area contributed by atoms with Crippen LogP contribution in [0.15, 0.2) is 0 Å². The van der Waals surface area contributed by atoms with Gasteiger partial charge in [0.25, 0.3) is 0 Å². The highest BCUT2D eigenvalue weighted by molar-refractivity contribution is 14.1. The van der Waals surface area contributed by atoms with Gasteiger partial charge < -0.3 is 20.1 Å². The van der Waals surface area contributed by atoms with Crippen LogP contribution in [0.5, 0.6) is 0 Å². The number of hydrogen-bond donors (Lipinski definition) is 3. The summed E-state index contributed by atoms with van der Waals surface area (Å²) in [6.07, 6.45) is -5.85. The standard InChI is InChI=1S/C5H8FIO4/c6-4-2(9)1(8)3(11-4)5(7)10/h1-5,8-10H/t1-,2-,3-,4?,5?/m0/s1. The van der Waals surface area contributed by atoms with Gasteiger partial charge in [-0.15, -0.1) is 0 Å². The molecule has 0 spiro atoms. The van der Waals surface area contributed by atoms with Crippen LogP contribution in [0.4, 0.5) is 4.39 Å². The Morgan fingerprint density at radius 3 is 2.09 bits per heavy atom. The van der Waals surface area contributed by atoms with Crippen molar-refractivity contribution >= 4 is 22.6 Å². The first-order valence-electron chi connectivity index (χ1n) is 3.02. The average Bonchev–Trinajstić information content (AvgIpc) is 2.17. The quantitative estimate of drug-likeness (QED) is 0.432. The lowest BCUT2D eigenvalue weighted by Crippen LogP contribution is -2.35. The third-order valence-corrected chi connectivity index (χ3v) is 2.22. The molecule has 0 bridgehead atoms. The van der Waals surface area contributed by atoms with E-state index in [2.05, 4.69) is 4.74 Å². The largest absolute Gasteiger partial charge is 0.387 e. The third kappa shape index (κ3) is 1.81. The molecule has 0 saturated carbocycles. The molecule has 1 aliphatic rings. The lowest BCUT2D eigenvalue weighted by atomic mass is 10.1. The van der Waals surface area contributed by atoms with Crippen LogP contribution in [0.25, 0.3) is 0 Å². The maximum Gasteiger partial charge on any atom is 0.228 e. The van der Waals surface area contributed by atoms with Crippen molar-refractivity contribution in [3.8, 4) is 0 Å². The molecule has 6 heteroatoms. The molecule has 0 aliphatic carbocycles. The molecular formula is C5H8FIO4. The summed E-state index contributed by atoms with van der Waals surface area (Å²) in [5.74, 6) is 0. The van der Waals surface area contributed by atoms with Gasteiger partial charge in [0.2, 0.25) is 6.36 Å². The summed E-state index contributed by atoms with van der Waals surface area (Å²) in [5.41, 5.74) is 0. The second kappa shape index (κ2) is 3.48. The smallest absolute Gasteiger partial charge is 0.228 e. The van der Waals surface area contributed by atoms with Gasteiger partial charge in [0, 0.05) is 0 Å². The zero-order valence-corrected chi connectivity index (χ0v) is 7.55. The van der Waals surface area contributed by atoms with Crippen LogP contribution in [0.3, 0.4) is 0 Å². The zero-order chi connectivity index (χ0) is 8.59. The van der Waals surface area contributed by atoms with E-state index in [9.17, 15) is 4.39 Å². The highest BCUT2D eigenvalue weighted by Gasteiger charge is 2.45. The normalized spacial score (nSPS) is 47.7. The zero-order valence-electron chi connectivity index (χ0n) is 5.39. The van der Waals surface area contributed by atoms with E-state index in [-0.39, 0.29) is 0 Å². The Bertz CT molecular complexity index is 144. The van der Waals surface area contributed by atoms with E-state index in [0.29, 0.717) is 0 Å². The van der Waals surface area contributed by atoms with Crippen molar-refractivity contribution in [3.63, 3.8) is 0 Å². The van der Waals surface area contributed by atoms with Gasteiger partial charge in [-0.1, -0.05) is 0 Å². The predicted octanol–water partition coefficient (Wildman–Crippen LogP) is -0.844. The van der Waals surface area contributed by atoms with Gasteiger partial charge in [0.1, 0.15) is 22.4 Å². The SMILES string of the molecule is OC(I)[C@H]1OC(F)[C@@H](O)[C@@H]1O. The molecule has 1 saturated heterocycles. The van der Waals surface area contributed by atoms with Crippen molar-refractivity contribution in [2.24, 2.45) is 0 Å². The maximum atomic E-state index is 12.4. The minimum Gasteiger partial charge on any atom is -0.387 e. The number of ether oxygens (including phenoxy) is 1. The molecule has 1 aliphatic heterocycles. The number of aliphatic hydroxyl groups excluding tert-OH is 3. The molecular weight excluding hydrogens is 270 g/mol. The Balaban J connectivity index is 2.59. The van der Waals surface area contributed by atoms with Crippen molar-refractivity contribution in [1.82, 2.24) is 0 Å². The number of aliphatic hydroxyl groups is 3. The Morgan fingerprint density at radius 1 is 1.36 bits per heavy atom. The lowest BCUT2D eigenvalue weighted by Gasteiger charge is -2.14. The van der Waals surface area contributed by atoms with E-state index in [0.717, 1.165) is 0 Å². The number of halogens is 2. The van der Waals surface area contributed by atoms with Crippen LogP contribution in [0, 0.1) is 0 Å². The van der Waals surface area contributed by atoms with Crippen LogP contribution in [0.1, 0.15) is 0 Å². The Hall–Kier alpha value is 0.500. The molecule has 1 heterocycles. The lowest BCUT2D eigenvalue weighted by molar-refractivity contribution is -0.0852. The van der Waals surface area contributed by atoms with Gasteiger partial charge >= 0.3 is 0 Å². The van der Waals surface area contributed by atoms with Crippen LogP contribution in [-0.4, -0.2) is 44.1 Å². The fourth-order valence-corrected chi connectivity index (χ4v) is 1.48. The molecule has 0 aromatic carbocycles. The fraction of sp³-hybridized carbons (Fsp3) is 1.00. The highest BCUT2D eigenvalue weighted by Crippen LogP contribution is 2.26. The van der Waals surface area contributed by atoms with E-state index in [1.165, 1.54) is 0 Å². The molecule has 0 aromatic heterocycles. The first-order chi connectivity index (χ1) is 5.04. The topological polar surface area (TPSA) is 69.9 Å². The van der Waals surface area contributed by atoms with E-state index >= 15 is 0 Å². The van der Waals surface area contributed by atoms with Crippen molar-refractivity contribution in [2.45, 2.75) is 28.8 Å². The molecule has 5 atom stereocenters. The van der Waals surface area contributed by atoms with Crippen molar-refractivity contribution in [2.75, 3.05) is 0 Å². The van der Waals surface area contributed by atoms with Gasteiger partial charge in [0.05, 0.1) is 0 Å². The molecule has 4 nitrogen and oxygen atoms in total. The monoisotopic (exact) mass is 278 g/mol. The van der Waals surface area contributed by atoms with Crippen LogP contribution < -0.4 is 0 Å². The average molecular weight is 278 g/mol. The van der Waals surface area contributed by atoms with Crippen LogP contribution in [-0.2, 0) is 4.74 Å². The number of alkyl halides is 2. The van der Waals surface area contributed by atoms with Crippen molar-refractivity contribution in [1.29, 1.82) is 0 Å². The summed E-state index contributed by atoms with van der Waals surface area (Å²) in [5, 5.41) is 26.7. The Morgan fingerprint density at radius 2 is 1.91 bits per heavy atom. The maximum absolute atomic E-state index is 12.4. The van der Waals surface area contributed by atoms with Crippen molar-refractivity contribution in [3.05, 3.63) is 0 Å². The summed E-state index contributed by atoms with van der Waals surface area (Å²) in [6.45, 7) is 0. The molecule has 0 amide bonds. The van der Waals surface area contributed by atoms with Gasteiger partial charge in [-0.2, -0.15) is 0 Å². The van der Waals surface area contributed by atoms with Gasteiger partial charge in [0.15, 0.2) is 0 Å². The minimum atomic E-state index is -1.90. The molecule has 0 radical (unpaired) electrons. The van der Waals surface area contributed by atoms with Gasteiger partial charge in [-0.25, -0.2) is 4.39 Å². The summed E-state index contributed by atoms with van der Waals surface area (Å²) in [4.78, 5) is 0. The first kappa shape index (κ1) is 9.59. The molecule has 1 fully saturated rings. The van der Waals surface area contributed by atoms with E-state index < -0.39 is 28.8 Å². The van der Waals surface area contributed by atoms with E-state index in [1.54, 1.807) is 22.6 Å².